The van der Waals surface area contributed by atoms with Gasteiger partial charge in [0.15, 0.2) is 5.78 Å². The lowest BCUT2D eigenvalue weighted by molar-refractivity contribution is 0.0978. The van der Waals surface area contributed by atoms with Crippen molar-refractivity contribution in [2.75, 3.05) is 24.3 Å². The van der Waals surface area contributed by atoms with Crippen LogP contribution in [0.2, 0.25) is 0 Å². The molecule has 1 aromatic carbocycles. The van der Waals surface area contributed by atoms with E-state index >= 15 is 0 Å². The first-order valence-electron chi connectivity index (χ1n) is 9.79. The number of amides is 1. The molecule has 1 amide bonds. The Morgan fingerprint density at radius 1 is 1.06 bits per heavy atom. The maximum absolute atomic E-state index is 14.5. The summed E-state index contributed by atoms with van der Waals surface area (Å²) in [7, 11) is 1.44. The second kappa shape index (κ2) is 9.80. The SMILES string of the molecule is CCOC(=O)N(C)c1ccc(-c2ccc(C(=O)CCc3ccc(N)nc3)nc2)cc1F. The normalized spacial score (nSPS) is 10.5. The molecule has 0 fully saturated rings. The van der Waals surface area contributed by atoms with E-state index in [2.05, 4.69) is 9.97 Å². The van der Waals surface area contributed by atoms with Crippen LogP contribution in [0.1, 0.15) is 29.4 Å². The first-order chi connectivity index (χ1) is 14.9. The van der Waals surface area contributed by atoms with Gasteiger partial charge in [-0.05, 0) is 48.7 Å². The molecule has 0 bridgehead atoms. The molecule has 0 saturated carbocycles. The van der Waals surface area contributed by atoms with Gasteiger partial charge in [-0.3, -0.25) is 14.7 Å². The van der Waals surface area contributed by atoms with Crippen molar-refractivity contribution < 1.29 is 18.7 Å². The molecule has 2 N–H and O–H groups in total. The molecule has 31 heavy (non-hydrogen) atoms. The number of pyridine rings is 2. The van der Waals surface area contributed by atoms with Crippen molar-refractivity contribution in [3.63, 3.8) is 0 Å². The largest absolute Gasteiger partial charge is 0.449 e. The van der Waals surface area contributed by atoms with Gasteiger partial charge in [0.25, 0.3) is 0 Å². The molecule has 0 aliphatic heterocycles. The van der Waals surface area contributed by atoms with E-state index in [9.17, 15) is 14.0 Å². The van der Waals surface area contributed by atoms with Gasteiger partial charge in [0, 0.05) is 31.4 Å². The zero-order chi connectivity index (χ0) is 22.4. The van der Waals surface area contributed by atoms with Crippen molar-refractivity contribution in [3.8, 4) is 11.1 Å². The molecular formula is C23H23FN4O3. The summed E-state index contributed by atoms with van der Waals surface area (Å²) in [6.45, 7) is 1.89. The van der Waals surface area contributed by atoms with Crippen LogP contribution in [-0.2, 0) is 11.2 Å². The van der Waals surface area contributed by atoms with Gasteiger partial charge in [-0.2, -0.15) is 0 Å². The van der Waals surface area contributed by atoms with E-state index in [4.69, 9.17) is 10.5 Å². The first kappa shape index (κ1) is 21.9. The third-order valence-electron chi connectivity index (χ3n) is 4.72. The number of hydrogen-bond acceptors (Lipinski definition) is 6. The number of carbonyl (C=O) groups excluding carboxylic acids is 2. The summed E-state index contributed by atoms with van der Waals surface area (Å²) in [6.07, 6.45) is 3.38. The van der Waals surface area contributed by atoms with Crippen LogP contribution >= 0.6 is 0 Å². The number of aromatic nitrogens is 2. The standard InChI is InChI=1S/C23H23FN4O3/c1-3-31-23(30)28(2)20-9-7-16(12-18(20)24)17-6-8-19(26-14-17)21(29)10-4-15-5-11-22(25)27-13-15/h5-9,11-14H,3-4,10H2,1-2H3,(H2,25,27). The summed E-state index contributed by atoms with van der Waals surface area (Å²) in [6, 6.07) is 11.4. The summed E-state index contributed by atoms with van der Waals surface area (Å²) < 4.78 is 19.4. The highest BCUT2D eigenvalue weighted by Crippen LogP contribution is 2.26. The third kappa shape index (κ3) is 5.42. The van der Waals surface area contributed by atoms with Crippen molar-refractivity contribution in [1.82, 2.24) is 9.97 Å². The minimum atomic E-state index is -0.631. The van der Waals surface area contributed by atoms with Gasteiger partial charge >= 0.3 is 6.09 Å². The van der Waals surface area contributed by atoms with Crippen LogP contribution in [0.4, 0.5) is 20.7 Å². The van der Waals surface area contributed by atoms with E-state index < -0.39 is 11.9 Å². The fraction of sp³-hybridized carbons (Fsp3) is 0.217. The van der Waals surface area contributed by atoms with Crippen LogP contribution in [0.25, 0.3) is 11.1 Å². The molecule has 7 nitrogen and oxygen atoms in total. The molecule has 0 saturated heterocycles. The second-order valence-corrected chi connectivity index (χ2v) is 6.87. The zero-order valence-electron chi connectivity index (χ0n) is 17.3. The first-order valence-corrected chi connectivity index (χ1v) is 9.79. The lowest BCUT2D eigenvalue weighted by Gasteiger charge is -2.17. The maximum atomic E-state index is 14.5. The maximum Gasteiger partial charge on any atom is 0.414 e. The second-order valence-electron chi connectivity index (χ2n) is 6.87. The highest BCUT2D eigenvalue weighted by Gasteiger charge is 2.16. The average Bonchev–Trinajstić information content (AvgIpc) is 2.78. The van der Waals surface area contributed by atoms with E-state index in [1.54, 1.807) is 37.4 Å². The molecule has 0 unspecified atom stereocenters. The van der Waals surface area contributed by atoms with Crippen LogP contribution < -0.4 is 10.6 Å². The minimum Gasteiger partial charge on any atom is -0.449 e. The molecule has 0 atom stereocenters. The molecule has 0 aliphatic carbocycles. The summed E-state index contributed by atoms with van der Waals surface area (Å²) in [5, 5.41) is 0. The molecule has 3 rings (SSSR count). The van der Waals surface area contributed by atoms with Gasteiger partial charge in [0.05, 0.1) is 12.3 Å². The Kier molecular flexibility index (Phi) is 6.92. The number of hydrogen-bond donors (Lipinski definition) is 1. The Bertz CT molecular complexity index is 1070. The number of halogens is 1. The van der Waals surface area contributed by atoms with Crippen LogP contribution in [0.5, 0.6) is 0 Å². The fourth-order valence-electron chi connectivity index (χ4n) is 2.98. The van der Waals surface area contributed by atoms with Gasteiger partial charge in [-0.1, -0.05) is 18.2 Å². The van der Waals surface area contributed by atoms with Crippen LogP contribution in [-0.4, -0.2) is 35.5 Å². The van der Waals surface area contributed by atoms with Crippen LogP contribution in [0, 0.1) is 5.82 Å². The van der Waals surface area contributed by atoms with Crippen LogP contribution in [0.15, 0.2) is 54.9 Å². The van der Waals surface area contributed by atoms with Crippen molar-refractivity contribution in [3.05, 3.63) is 71.9 Å². The van der Waals surface area contributed by atoms with Gasteiger partial charge in [-0.25, -0.2) is 14.2 Å². The summed E-state index contributed by atoms with van der Waals surface area (Å²) in [4.78, 5) is 33.6. The molecule has 0 spiro atoms. The Morgan fingerprint density at radius 3 is 2.45 bits per heavy atom. The topological polar surface area (TPSA) is 98.4 Å². The number of carbonyl (C=O) groups is 2. The van der Waals surface area contributed by atoms with Crippen LogP contribution in [0.3, 0.4) is 0 Å². The fourth-order valence-corrected chi connectivity index (χ4v) is 2.98. The number of rotatable bonds is 7. The van der Waals surface area contributed by atoms with Gasteiger partial charge in [0.1, 0.15) is 17.3 Å². The third-order valence-corrected chi connectivity index (χ3v) is 4.72. The average molecular weight is 422 g/mol. The van der Waals surface area contributed by atoms with E-state index in [0.29, 0.717) is 35.5 Å². The van der Waals surface area contributed by atoms with E-state index in [-0.39, 0.29) is 18.1 Å². The molecule has 8 heteroatoms. The lowest BCUT2D eigenvalue weighted by atomic mass is 10.0. The number of nitrogens with two attached hydrogens (primary N) is 1. The molecular weight excluding hydrogens is 399 g/mol. The minimum absolute atomic E-state index is 0.0963. The Balaban J connectivity index is 1.67. The van der Waals surface area contributed by atoms with Crippen molar-refractivity contribution in [1.29, 1.82) is 0 Å². The smallest absolute Gasteiger partial charge is 0.414 e. The molecule has 3 aromatic rings. The van der Waals surface area contributed by atoms with Gasteiger partial charge in [-0.15, -0.1) is 0 Å². The molecule has 2 heterocycles. The summed E-state index contributed by atoms with van der Waals surface area (Å²) in [5.74, 6) is -0.226. The van der Waals surface area contributed by atoms with E-state index in [1.165, 1.54) is 25.4 Å². The Hall–Kier alpha value is -3.81. The molecule has 160 valence electrons. The predicted molar refractivity (Wildman–Crippen MR) is 116 cm³/mol. The molecule has 0 radical (unpaired) electrons. The Morgan fingerprint density at radius 2 is 1.84 bits per heavy atom. The van der Waals surface area contributed by atoms with Crippen molar-refractivity contribution in [2.24, 2.45) is 0 Å². The number of benzene rings is 1. The van der Waals surface area contributed by atoms with Crippen molar-refractivity contribution in [2.45, 2.75) is 19.8 Å². The van der Waals surface area contributed by atoms with Gasteiger partial charge < -0.3 is 10.5 Å². The summed E-state index contributed by atoms with van der Waals surface area (Å²) >= 11 is 0. The number of aryl methyl sites for hydroxylation is 1. The van der Waals surface area contributed by atoms with Gasteiger partial charge in [0.2, 0.25) is 0 Å². The highest BCUT2D eigenvalue weighted by molar-refractivity contribution is 5.94. The Labute approximate surface area is 179 Å². The monoisotopic (exact) mass is 422 g/mol. The van der Waals surface area contributed by atoms with Crippen molar-refractivity contribution >= 4 is 23.4 Å². The number of anilines is 2. The number of nitrogen functional groups attached to an aromatic ring is 1. The van der Waals surface area contributed by atoms with E-state index in [1.807, 2.05) is 6.07 Å². The molecule has 0 aliphatic rings. The highest BCUT2D eigenvalue weighted by atomic mass is 19.1. The van der Waals surface area contributed by atoms with E-state index in [0.717, 1.165) is 10.5 Å². The predicted octanol–water partition coefficient (Wildman–Crippen LogP) is 4.27. The quantitative estimate of drug-likeness (QED) is 0.571. The number of Topliss-reactive ketones (excluding diaryl/α,β-unsaturated/α-hetero) is 1. The zero-order valence-corrected chi connectivity index (χ0v) is 17.3. The molecule has 2 aromatic heterocycles. The number of nitrogens with zero attached hydrogens (tertiary/aromatic N) is 3. The number of ether oxygens (including phenoxy) is 1. The summed E-state index contributed by atoms with van der Waals surface area (Å²) in [5.41, 5.74) is 8.17. The number of ketones is 1. The lowest BCUT2D eigenvalue weighted by Crippen LogP contribution is -2.27.